The lowest BCUT2D eigenvalue weighted by atomic mass is 9.92. The van der Waals surface area contributed by atoms with Crippen molar-refractivity contribution in [1.82, 2.24) is 24.7 Å². The number of nitrogens with zero attached hydrogens (tertiary/aromatic N) is 5. The average molecular weight is 780 g/mol. The topological polar surface area (TPSA) is 56.5 Å². The van der Waals surface area contributed by atoms with E-state index in [2.05, 4.69) is 205 Å². The predicted octanol–water partition coefficient (Wildman–Crippen LogP) is 14.0. The minimum Gasteiger partial charge on any atom is -0.232 e. The molecule has 0 unspecified atom stereocenters. The van der Waals surface area contributed by atoms with E-state index in [1.54, 1.807) is 0 Å². The molecule has 0 atom stereocenters. The van der Waals surface area contributed by atoms with Gasteiger partial charge in [-0.1, -0.05) is 206 Å². The highest BCUT2D eigenvalue weighted by Gasteiger charge is 2.23. The number of hydrogen-bond donors (Lipinski definition) is 0. The van der Waals surface area contributed by atoms with E-state index in [0.29, 0.717) is 17.5 Å². The molecule has 286 valence electrons. The molecule has 0 radical (unpaired) electrons. The molecule has 0 bridgehead atoms. The summed E-state index contributed by atoms with van der Waals surface area (Å²) in [6.07, 6.45) is 0. The molecule has 5 nitrogen and oxygen atoms in total. The van der Waals surface area contributed by atoms with Gasteiger partial charge < -0.3 is 0 Å². The molecule has 2 heterocycles. The van der Waals surface area contributed by atoms with E-state index in [1.165, 1.54) is 0 Å². The summed E-state index contributed by atoms with van der Waals surface area (Å²) in [5.41, 5.74) is 13.5. The molecular formula is C56H37N5. The standard InChI is InChI=1S/C56H37N5/c1-6-17-38(18-7-1)40-29-33-44(34-30-40)54-57-55(45-35-31-41(32-36-45)39-19-8-2-9-20-39)59-56(58-54)48-28-16-27-47-50(48)37-49(42-21-10-3-11-22-42)51-52(43-23-12-4-13-24-43)60-61(53(47)51)46-25-14-5-15-26-46/h1-37H. The molecule has 0 saturated carbocycles. The van der Waals surface area contributed by atoms with Crippen molar-refractivity contribution in [2.75, 3.05) is 0 Å². The third-order valence-corrected chi connectivity index (χ3v) is 11.3. The molecule has 5 heteroatoms. The SMILES string of the molecule is c1ccc(-c2ccc(-c3nc(-c4ccc(-c5ccccc5)cc4)nc(-c4cccc5c4cc(-c4ccccc4)c4c(-c6ccccc6)nn(-c6ccccc6)c45)n3)cc2)cc1. The molecule has 0 spiro atoms. The molecule has 0 amide bonds. The molecule has 11 aromatic rings. The van der Waals surface area contributed by atoms with Crippen LogP contribution >= 0.6 is 0 Å². The van der Waals surface area contributed by atoms with Gasteiger partial charge in [-0.15, -0.1) is 0 Å². The van der Waals surface area contributed by atoms with Crippen molar-refractivity contribution in [2.45, 2.75) is 0 Å². The summed E-state index contributed by atoms with van der Waals surface area (Å²) in [6, 6.07) is 78.0. The number of para-hydroxylation sites is 1. The quantitative estimate of drug-likeness (QED) is 0.154. The van der Waals surface area contributed by atoms with Crippen molar-refractivity contribution in [3.63, 3.8) is 0 Å². The average Bonchev–Trinajstić information content (AvgIpc) is 3.76. The molecule has 9 aromatic carbocycles. The summed E-state index contributed by atoms with van der Waals surface area (Å²) < 4.78 is 2.10. The number of benzene rings is 9. The van der Waals surface area contributed by atoms with Gasteiger partial charge in [0.05, 0.1) is 11.2 Å². The van der Waals surface area contributed by atoms with Gasteiger partial charge in [-0.3, -0.25) is 0 Å². The largest absolute Gasteiger partial charge is 0.232 e. The fraction of sp³-hybridized carbons (Fsp3) is 0. The molecule has 0 fully saturated rings. The fourth-order valence-electron chi connectivity index (χ4n) is 8.30. The Morgan fingerprint density at radius 2 is 0.721 bits per heavy atom. The van der Waals surface area contributed by atoms with Crippen LogP contribution < -0.4 is 0 Å². The van der Waals surface area contributed by atoms with E-state index >= 15 is 0 Å². The maximum atomic E-state index is 5.41. The minimum absolute atomic E-state index is 0.595. The Hall–Kier alpha value is -8.28. The maximum Gasteiger partial charge on any atom is 0.164 e. The second kappa shape index (κ2) is 15.5. The van der Waals surface area contributed by atoms with Crippen LogP contribution in [-0.2, 0) is 0 Å². The van der Waals surface area contributed by atoms with Gasteiger partial charge in [0.1, 0.15) is 5.69 Å². The van der Waals surface area contributed by atoms with Crippen LogP contribution in [0, 0.1) is 0 Å². The predicted molar refractivity (Wildman–Crippen MR) is 250 cm³/mol. The summed E-state index contributed by atoms with van der Waals surface area (Å²) in [4.78, 5) is 15.7. The summed E-state index contributed by atoms with van der Waals surface area (Å²) in [7, 11) is 0. The lowest BCUT2D eigenvalue weighted by Crippen LogP contribution is -2.01. The second-order valence-corrected chi connectivity index (χ2v) is 15.1. The third kappa shape index (κ3) is 6.74. The van der Waals surface area contributed by atoms with Crippen molar-refractivity contribution in [1.29, 1.82) is 0 Å². The number of aromatic nitrogens is 5. The van der Waals surface area contributed by atoms with Crippen LogP contribution in [0.5, 0.6) is 0 Å². The normalized spacial score (nSPS) is 11.3. The number of rotatable bonds is 8. The van der Waals surface area contributed by atoms with Gasteiger partial charge in [0.25, 0.3) is 0 Å². The highest BCUT2D eigenvalue weighted by molar-refractivity contribution is 6.19. The lowest BCUT2D eigenvalue weighted by molar-refractivity contribution is 0.918. The highest BCUT2D eigenvalue weighted by atomic mass is 15.3. The first kappa shape index (κ1) is 35.8. The Morgan fingerprint density at radius 1 is 0.295 bits per heavy atom. The van der Waals surface area contributed by atoms with Gasteiger partial charge in [-0.25, -0.2) is 19.6 Å². The van der Waals surface area contributed by atoms with Crippen molar-refractivity contribution in [2.24, 2.45) is 0 Å². The Morgan fingerprint density at radius 3 is 1.25 bits per heavy atom. The van der Waals surface area contributed by atoms with E-state index in [0.717, 1.165) is 88.7 Å². The monoisotopic (exact) mass is 779 g/mol. The molecular weight excluding hydrogens is 743 g/mol. The minimum atomic E-state index is 0.595. The molecule has 0 aliphatic rings. The zero-order chi connectivity index (χ0) is 40.5. The fourth-order valence-corrected chi connectivity index (χ4v) is 8.30. The van der Waals surface area contributed by atoms with Gasteiger partial charge in [0, 0.05) is 33.0 Å². The second-order valence-electron chi connectivity index (χ2n) is 15.1. The van der Waals surface area contributed by atoms with Crippen molar-refractivity contribution in [3.8, 4) is 84.5 Å². The molecule has 2 aromatic heterocycles. The molecule has 61 heavy (non-hydrogen) atoms. The molecule has 0 saturated heterocycles. The van der Waals surface area contributed by atoms with Crippen LogP contribution in [-0.4, -0.2) is 24.7 Å². The van der Waals surface area contributed by atoms with Crippen LogP contribution in [0.3, 0.4) is 0 Å². The maximum absolute atomic E-state index is 5.41. The van der Waals surface area contributed by atoms with Crippen LogP contribution in [0.1, 0.15) is 0 Å². The first-order valence-electron chi connectivity index (χ1n) is 20.5. The van der Waals surface area contributed by atoms with E-state index < -0.39 is 0 Å². The highest BCUT2D eigenvalue weighted by Crippen LogP contribution is 2.44. The molecule has 0 aliphatic heterocycles. The molecule has 0 aliphatic carbocycles. The van der Waals surface area contributed by atoms with Crippen LogP contribution in [0.4, 0.5) is 0 Å². The Balaban J connectivity index is 1.16. The van der Waals surface area contributed by atoms with Gasteiger partial charge in [0.15, 0.2) is 17.5 Å². The zero-order valence-electron chi connectivity index (χ0n) is 33.1. The van der Waals surface area contributed by atoms with Gasteiger partial charge >= 0.3 is 0 Å². The summed E-state index contributed by atoms with van der Waals surface area (Å²) >= 11 is 0. The van der Waals surface area contributed by atoms with Crippen LogP contribution in [0.15, 0.2) is 224 Å². The van der Waals surface area contributed by atoms with Crippen molar-refractivity contribution >= 4 is 21.7 Å². The van der Waals surface area contributed by atoms with Gasteiger partial charge in [-0.05, 0) is 57.0 Å². The van der Waals surface area contributed by atoms with E-state index in [1.807, 2.05) is 24.3 Å². The van der Waals surface area contributed by atoms with E-state index in [4.69, 9.17) is 20.1 Å². The van der Waals surface area contributed by atoms with E-state index in [9.17, 15) is 0 Å². The first-order valence-corrected chi connectivity index (χ1v) is 20.5. The van der Waals surface area contributed by atoms with Crippen LogP contribution in [0.25, 0.3) is 106 Å². The number of hydrogen-bond acceptors (Lipinski definition) is 4. The van der Waals surface area contributed by atoms with Gasteiger partial charge in [-0.2, -0.15) is 5.10 Å². The van der Waals surface area contributed by atoms with Crippen molar-refractivity contribution < 1.29 is 0 Å². The summed E-state index contributed by atoms with van der Waals surface area (Å²) in [5, 5.41) is 8.56. The first-order chi connectivity index (χ1) is 30.2. The summed E-state index contributed by atoms with van der Waals surface area (Å²) in [5.74, 6) is 1.81. The molecule has 11 rings (SSSR count). The van der Waals surface area contributed by atoms with Crippen molar-refractivity contribution in [3.05, 3.63) is 224 Å². The number of fused-ring (bicyclic) bond motifs is 3. The Kier molecular flexibility index (Phi) is 9.10. The smallest absolute Gasteiger partial charge is 0.164 e. The third-order valence-electron chi connectivity index (χ3n) is 11.3. The Bertz CT molecular complexity index is 3190. The lowest BCUT2D eigenvalue weighted by Gasteiger charge is -2.15. The molecule has 0 N–H and O–H groups in total. The Labute approximate surface area is 354 Å². The zero-order valence-corrected chi connectivity index (χ0v) is 33.1. The van der Waals surface area contributed by atoms with E-state index in [-0.39, 0.29) is 0 Å². The van der Waals surface area contributed by atoms with Crippen LogP contribution in [0.2, 0.25) is 0 Å². The summed E-state index contributed by atoms with van der Waals surface area (Å²) in [6.45, 7) is 0. The van der Waals surface area contributed by atoms with Gasteiger partial charge in [0.2, 0.25) is 0 Å².